The average Bonchev–Trinajstić information content (AvgIpc) is 3.09. The first-order valence-corrected chi connectivity index (χ1v) is 5.67. The van der Waals surface area contributed by atoms with Crippen molar-refractivity contribution < 1.29 is 9.53 Å². The zero-order valence-corrected chi connectivity index (χ0v) is 10.1. The first-order chi connectivity index (χ1) is 8.17. The zero-order chi connectivity index (χ0) is 12.3. The summed E-state index contributed by atoms with van der Waals surface area (Å²) in [5.74, 6) is 0.272. The average molecular weight is 257 g/mol. The van der Waals surface area contributed by atoms with Gasteiger partial charge in [-0.2, -0.15) is 4.98 Å². The van der Waals surface area contributed by atoms with Gasteiger partial charge in [-0.15, -0.1) is 0 Å². The normalized spacial score (nSPS) is 14.5. The van der Waals surface area contributed by atoms with Crippen LogP contribution in [0.4, 0.5) is 5.95 Å². The third kappa shape index (κ3) is 3.83. The maximum absolute atomic E-state index is 11.5. The minimum absolute atomic E-state index is 0.150. The molecule has 1 aromatic rings. The zero-order valence-electron chi connectivity index (χ0n) is 9.36. The number of nitrogens with zero attached hydrogens (tertiary/aromatic N) is 2. The summed E-state index contributed by atoms with van der Waals surface area (Å²) in [6.07, 6.45) is 2.27. The lowest BCUT2D eigenvalue weighted by Crippen LogP contribution is -2.30. The summed E-state index contributed by atoms with van der Waals surface area (Å²) in [6.45, 7) is 0.253. The Bertz CT molecular complexity index is 423. The summed E-state index contributed by atoms with van der Waals surface area (Å²) in [5.41, 5.74) is 0. The monoisotopic (exact) mass is 256 g/mol. The lowest BCUT2D eigenvalue weighted by molar-refractivity contribution is -0.115. The molecule has 7 heteroatoms. The molecule has 0 saturated heterocycles. The molecule has 1 aliphatic rings. The number of hydrogen-bond acceptors (Lipinski definition) is 5. The number of rotatable bonds is 5. The van der Waals surface area contributed by atoms with E-state index in [4.69, 9.17) is 16.3 Å². The van der Waals surface area contributed by atoms with Crippen LogP contribution < -0.4 is 15.4 Å². The van der Waals surface area contributed by atoms with Crippen molar-refractivity contribution in [1.82, 2.24) is 15.3 Å². The molecule has 0 unspecified atom stereocenters. The van der Waals surface area contributed by atoms with E-state index in [1.807, 2.05) is 0 Å². The number of methoxy groups -OCH3 is 1. The SMILES string of the molecule is COc1cc(Cl)nc(NC(=O)CNC2CC2)n1. The van der Waals surface area contributed by atoms with Crippen LogP contribution in [0.1, 0.15) is 12.8 Å². The maximum atomic E-state index is 11.5. The predicted molar refractivity (Wildman–Crippen MR) is 63.2 cm³/mol. The molecule has 17 heavy (non-hydrogen) atoms. The Morgan fingerprint density at radius 3 is 3.00 bits per heavy atom. The molecule has 2 rings (SSSR count). The predicted octanol–water partition coefficient (Wildman–Crippen LogP) is 0.829. The topological polar surface area (TPSA) is 76.1 Å². The second kappa shape index (κ2) is 5.29. The smallest absolute Gasteiger partial charge is 0.240 e. The van der Waals surface area contributed by atoms with Crippen molar-refractivity contribution in [2.75, 3.05) is 19.0 Å². The molecule has 1 aromatic heterocycles. The van der Waals surface area contributed by atoms with E-state index in [-0.39, 0.29) is 23.6 Å². The Morgan fingerprint density at radius 2 is 2.35 bits per heavy atom. The quantitative estimate of drug-likeness (QED) is 0.763. The summed E-state index contributed by atoms with van der Waals surface area (Å²) in [6, 6.07) is 1.95. The Kier molecular flexibility index (Phi) is 3.75. The lowest BCUT2D eigenvalue weighted by atomic mass is 10.5. The molecule has 0 radical (unpaired) electrons. The second-order valence-electron chi connectivity index (χ2n) is 3.76. The van der Waals surface area contributed by atoms with Crippen molar-refractivity contribution in [2.24, 2.45) is 0 Å². The Labute approximate surface area is 104 Å². The first kappa shape index (κ1) is 12.1. The number of ether oxygens (including phenoxy) is 1. The fraction of sp³-hybridized carbons (Fsp3) is 0.500. The third-order valence-corrected chi connectivity index (χ3v) is 2.45. The van der Waals surface area contributed by atoms with Crippen LogP contribution in [-0.4, -0.2) is 35.6 Å². The first-order valence-electron chi connectivity index (χ1n) is 5.29. The molecule has 2 N–H and O–H groups in total. The maximum Gasteiger partial charge on any atom is 0.240 e. The van der Waals surface area contributed by atoms with Gasteiger partial charge in [0, 0.05) is 12.1 Å². The van der Waals surface area contributed by atoms with Crippen LogP contribution in [0.5, 0.6) is 5.88 Å². The summed E-state index contributed by atoms with van der Waals surface area (Å²) in [7, 11) is 1.47. The lowest BCUT2D eigenvalue weighted by Gasteiger charge is -2.06. The Hall–Kier alpha value is -1.40. The van der Waals surface area contributed by atoms with Gasteiger partial charge in [0.05, 0.1) is 13.7 Å². The number of aromatic nitrogens is 2. The van der Waals surface area contributed by atoms with Crippen LogP contribution in [0.2, 0.25) is 5.15 Å². The molecular weight excluding hydrogens is 244 g/mol. The molecule has 0 spiro atoms. The van der Waals surface area contributed by atoms with Gasteiger partial charge in [-0.3, -0.25) is 10.1 Å². The van der Waals surface area contributed by atoms with Crippen molar-refractivity contribution in [2.45, 2.75) is 18.9 Å². The summed E-state index contributed by atoms with van der Waals surface area (Å²) in [5, 5.41) is 5.86. The van der Waals surface area contributed by atoms with Gasteiger partial charge in [-0.1, -0.05) is 11.6 Å². The fourth-order valence-electron chi connectivity index (χ4n) is 1.25. The highest BCUT2D eigenvalue weighted by atomic mass is 35.5. The van der Waals surface area contributed by atoms with Gasteiger partial charge in [0.2, 0.25) is 17.7 Å². The van der Waals surface area contributed by atoms with Gasteiger partial charge in [0.1, 0.15) is 5.15 Å². The molecule has 92 valence electrons. The molecule has 1 aliphatic carbocycles. The van der Waals surface area contributed by atoms with Gasteiger partial charge in [0.25, 0.3) is 0 Å². The molecule has 1 fully saturated rings. The largest absolute Gasteiger partial charge is 0.481 e. The van der Waals surface area contributed by atoms with E-state index in [1.54, 1.807) is 0 Å². The minimum atomic E-state index is -0.193. The fourth-order valence-corrected chi connectivity index (χ4v) is 1.42. The van der Waals surface area contributed by atoms with Crippen molar-refractivity contribution >= 4 is 23.5 Å². The molecule has 0 aliphatic heterocycles. The highest BCUT2D eigenvalue weighted by molar-refractivity contribution is 6.29. The van der Waals surface area contributed by atoms with E-state index in [1.165, 1.54) is 13.2 Å². The molecule has 0 atom stereocenters. The van der Waals surface area contributed by atoms with Crippen molar-refractivity contribution in [1.29, 1.82) is 0 Å². The highest BCUT2D eigenvalue weighted by Crippen LogP contribution is 2.18. The number of halogens is 1. The molecular formula is C10H13ClN4O2. The standard InChI is InChI=1S/C10H13ClN4O2/c1-17-9-4-7(11)13-10(15-9)14-8(16)5-12-6-2-3-6/h4,6,12H,2-3,5H2,1H3,(H,13,14,15,16). The molecule has 0 aromatic carbocycles. The highest BCUT2D eigenvalue weighted by Gasteiger charge is 2.21. The van der Waals surface area contributed by atoms with E-state index in [2.05, 4.69) is 20.6 Å². The number of hydrogen-bond donors (Lipinski definition) is 2. The van der Waals surface area contributed by atoms with Crippen LogP contribution in [0, 0.1) is 0 Å². The van der Waals surface area contributed by atoms with E-state index < -0.39 is 0 Å². The molecule has 1 heterocycles. The minimum Gasteiger partial charge on any atom is -0.481 e. The van der Waals surface area contributed by atoms with Gasteiger partial charge in [-0.05, 0) is 12.8 Å². The van der Waals surface area contributed by atoms with Crippen LogP contribution in [0.3, 0.4) is 0 Å². The number of anilines is 1. The number of amides is 1. The van der Waals surface area contributed by atoms with Crippen molar-refractivity contribution in [3.05, 3.63) is 11.2 Å². The van der Waals surface area contributed by atoms with E-state index in [0.717, 1.165) is 12.8 Å². The van der Waals surface area contributed by atoms with Crippen LogP contribution in [0.15, 0.2) is 6.07 Å². The number of carbonyl (C=O) groups excluding carboxylic acids is 1. The molecule has 0 bridgehead atoms. The van der Waals surface area contributed by atoms with Gasteiger partial charge < -0.3 is 10.1 Å². The van der Waals surface area contributed by atoms with Crippen molar-refractivity contribution in [3.63, 3.8) is 0 Å². The molecule has 1 amide bonds. The van der Waals surface area contributed by atoms with Gasteiger partial charge in [0.15, 0.2) is 0 Å². The van der Waals surface area contributed by atoms with Crippen LogP contribution in [0.25, 0.3) is 0 Å². The van der Waals surface area contributed by atoms with Crippen LogP contribution >= 0.6 is 11.6 Å². The molecule has 1 saturated carbocycles. The van der Waals surface area contributed by atoms with E-state index in [9.17, 15) is 4.79 Å². The number of nitrogens with one attached hydrogen (secondary N) is 2. The van der Waals surface area contributed by atoms with E-state index >= 15 is 0 Å². The summed E-state index contributed by atoms with van der Waals surface area (Å²) in [4.78, 5) is 19.4. The van der Waals surface area contributed by atoms with Crippen LogP contribution in [-0.2, 0) is 4.79 Å². The third-order valence-electron chi connectivity index (χ3n) is 2.26. The van der Waals surface area contributed by atoms with Gasteiger partial charge >= 0.3 is 0 Å². The van der Waals surface area contributed by atoms with Gasteiger partial charge in [-0.25, -0.2) is 4.98 Å². The summed E-state index contributed by atoms with van der Waals surface area (Å²) >= 11 is 5.75. The Balaban J connectivity index is 1.91. The van der Waals surface area contributed by atoms with E-state index in [0.29, 0.717) is 11.9 Å². The Morgan fingerprint density at radius 1 is 1.59 bits per heavy atom. The van der Waals surface area contributed by atoms with Crippen molar-refractivity contribution in [3.8, 4) is 5.88 Å². The summed E-state index contributed by atoms with van der Waals surface area (Å²) < 4.78 is 4.92. The second-order valence-corrected chi connectivity index (χ2v) is 4.15. The number of carbonyl (C=O) groups is 1. The molecule has 6 nitrogen and oxygen atoms in total.